The maximum Gasteiger partial charge on any atom is 0.0480 e. The lowest BCUT2D eigenvalue weighted by Crippen LogP contribution is -2.29. The molecule has 2 nitrogen and oxygen atoms in total. The molecule has 3 unspecified atom stereocenters. The molecule has 1 aromatic carbocycles. The zero-order chi connectivity index (χ0) is 12.8. The lowest BCUT2D eigenvalue weighted by molar-refractivity contribution is 0.123. The summed E-state index contributed by atoms with van der Waals surface area (Å²) in [5.41, 5.74) is 1.50. The molecule has 1 fully saturated rings. The smallest absolute Gasteiger partial charge is 0.0480 e. The van der Waals surface area contributed by atoms with Crippen molar-refractivity contribution in [3.8, 4) is 0 Å². The molecule has 1 aliphatic rings. The monoisotopic (exact) mass is 247 g/mol. The second kappa shape index (κ2) is 6.91. The van der Waals surface area contributed by atoms with Crippen molar-refractivity contribution in [3.63, 3.8) is 0 Å². The molecule has 18 heavy (non-hydrogen) atoms. The highest BCUT2D eigenvalue weighted by atomic mass is 16.5. The molecular formula is C16H25NO. The molecule has 0 spiro atoms. The van der Waals surface area contributed by atoms with E-state index in [4.69, 9.17) is 4.74 Å². The van der Waals surface area contributed by atoms with Crippen molar-refractivity contribution in [1.29, 1.82) is 0 Å². The minimum Gasteiger partial charge on any atom is -0.381 e. The van der Waals surface area contributed by atoms with Crippen LogP contribution in [-0.4, -0.2) is 26.3 Å². The molecule has 0 saturated heterocycles. The third-order valence-corrected chi connectivity index (χ3v) is 3.88. The highest BCUT2D eigenvalue weighted by Gasteiger charge is 2.42. The van der Waals surface area contributed by atoms with Gasteiger partial charge in [-0.2, -0.15) is 0 Å². The zero-order valence-corrected chi connectivity index (χ0v) is 11.6. The average molecular weight is 247 g/mol. The molecule has 0 aromatic heterocycles. The van der Waals surface area contributed by atoms with Crippen molar-refractivity contribution in [2.75, 3.05) is 20.3 Å². The van der Waals surface area contributed by atoms with Gasteiger partial charge < -0.3 is 10.1 Å². The first kappa shape index (κ1) is 13.6. The first-order valence-electron chi connectivity index (χ1n) is 7.16. The van der Waals surface area contributed by atoms with Gasteiger partial charge in [-0.05, 0) is 43.7 Å². The van der Waals surface area contributed by atoms with Crippen LogP contribution in [0.3, 0.4) is 0 Å². The van der Waals surface area contributed by atoms with Gasteiger partial charge in [0.15, 0.2) is 0 Å². The Hall–Kier alpha value is -0.860. The molecule has 0 aliphatic heterocycles. The van der Waals surface area contributed by atoms with Gasteiger partial charge in [-0.15, -0.1) is 0 Å². The zero-order valence-electron chi connectivity index (χ0n) is 11.6. The molecule has 0 bridgehead atoms. The van der Waals surface area contributed by atoms with Gasteiger partial charge in [-0.3, -0.25) is 0 Å². The molecule has 100 valence electrons. The van der Waals surface area contributed by atoms with Gasteiger partial charge >= 0.3 is 0 Å². The van der Waals surface area contributed by atoms with E-state index in [1.165, 1.54) is 12.0 Å². The highest BCUT2D eigenvalue weighted by Crippen LogP contribution is 2.49. The molecule has 0 amide bonds. The first-order chi connectivity index (χ1) is 8.86. The Bertz CT molecular complexity index is 338. The van der Waals surface area contributed by atoms with Gasteiger partial charge in [-0.25, -0.2) is 0 Å². The molecule has 1 aliphatic carbocycles. The van der Waals surface area contributed by atoms with Crippen molar-refractivity contribution >= 4 is 0 Å². The summed E-state index contributed by atoms with van der Waals surface area (Å²) in [6.07, 6.45) is 3.56. The topological polar surface area (TPSA) is 21.3 Å². The fourth-order valence-corrected chi connectivity index (χ4v) is 2.77. The van der Waals surface area contributed by atoms with Gasteiger partial charge in [0.2, 0.25) is 0 Å². The van der Waals surface area contributed by atoms with Crippen LogP contribution < -0.4 is 5.32 Å². The van der Waals surface area contributed by atoms with E-state index in [2.05, 4.69) is 49.6 Å². The summed E-state index contributed by atoms with van der Waals surface area (Å²) >= 11 is 0. The Morgan fingerprint density at radius 2 is 2.06 bits per heavy atom. The van der Waals surface area contributed by atoms with Crippen LogP contribution in [0.2, 0.25) is 0 Å². The van der Waals surface area contributed by atoms with Gasteiger partial charge in [0.1, 0.15) is 0 Å². The van der Waals surface area contributed by atoms with Crippen molar-refractivity contribution in [2.45, 2.75) is 38.1 Å². The van der Waals surface area contributed by atoms with Crippen LogP contribution in [0.4, 0.5) is 0 Å². The van der Waals surface area contributed by atoms with E-state index in [9.17, 15) is 0 Å². The van der Waals surface area contributed by atoms with Crippen molar-refractivity contribution in [1.82, 2.24) is 5.32 Å². The van der Waals surface area contributed by atoms with Crippen LogP contribution in [0.15, 0.2) is 30.3 Å². The normalized spacial score (nSPS) is 23.9. The molecule has 1 aromatic rings. The van der Waals surface area contributed by atoms with E-state index < -0.39 is 0 Å². The third-order valence-electron chi connectivity index (χ3n) is 3.88. The Morgan fingerprint density at radius 3 is 2.72 bits per heavy atom. The average Bonchev–Trinajstić information content (AvgIpc) is 3.20. The summed E-state index contributed by atoms with van der Waals surface area (Å²) in [7, 11) is 2.07. The lowest BCUT2D eigenvalue weighted by atomic mass is 10.0. The fraction of sp³-hybridized carbons (Fsp3) is 0.625. The van der Waals surface area contributed by atoms with Crippen LogP contribution in [0.1, 0.15) is 37.7 Å². The number of hydrogen-bond acceptors (Lipinski definition) is 2. The summed E-state index contributed by atoms with van der Waals surface area (Å²) in [5, 5.41) is 3.46. The summed E-state index contributed by atoms with van der Waals surface area (Å²) in [6, 6.07) is 11.5. The molecular weight excluding hydrogens is 222 g/mol. The summed E-state index contributed by atoms with van der Waals surface area (Å²) in [4.78, 5) is 0. The number of benzene rings is 1. The molecule has 2 heteroatoms. The van der Waals surface area contributed by atoms with E-state index in [-0.39, 0.29) is 0 Å². The lowest BCUT2D eigenvalue weighted by Gasteiger charge is -2.16. The predicted molar refractivity (Wildman–Crippen MR) is 75.9 cm³/mol. The molecule has 3 atom stereocenters. The first-order valence-corrected chi connectivity index (χ1v) is 7.16. The standard InChI is InChI=1S/C16H25NO/c1-3-10-18-11-9-16(17-2)15-12-14(15)13-7-5-4-6-8-13/h4-8,14-17H,3,9-12H2,1-2H3. The molecule has 0 radical (unpaired) electrons. The van der Waals surface area contributed by atoms with E-state index in [1.54, 1.807) is 0 Å². The quantitative estimate of drug-likeness (QED) is 0.712. The van der Waals surface area contributed by atoms with E-state index in [0.717, 1.165) is 37.9 Å². The number of rotatable bonds is 8. The molecule has 1 saturated carbocycles. The summed E-state index contributed by atoms with van der Waals surface area (Å²) in [5.74, 6) is 1.55. The Balaban J connectivity index is 1.77. The Labute approximate surface area is 111 Å². The largest absolute Gasteiger partial charge is 0.381 e. The number of nitrogens with one attached hydrogen (secondary N) is 1. The minimum atomic E-state index is 0.604. The van der Waals surface area contributed by atoms with Crippen LogP contribution >= 0.6 is 0 Å². The predicted octanol–water partition coefficient (Wildman–Crippen LogP) is 3.19. The minimum absolute atomic E-state index is 0.604. The highest BCUT2D eigenvalue weighted by molar-refractivity contribution is 5.26. The van der Waals surface area contributed by atoms with Crippen molar-refractivity contribution < 1.29 is 4.74 Å². The molecule has 1 N–H and O–H groups in total. The van der Waals surface area contributed by atoms with Crippen molar-refractivity contribution in [2.24, 2.45) is 5.92 Å². The van der Waals surface area contributed by atoms with Gasteiger partial charge in [0.05, 0.1) is 0 Å². The van der Waals surface area contributed by atoms with E-state index in [1.807, 2.05) is 0 Å². The SMILES string of the molecule is CCCOCCC(NC)C1CC1c1ccccc1. The van der Waals surface area contributed by atoms with Gasteiger partial charge in [-0.1, -0.05) is 37.3 Å². The Kier molecular flexibility index (Phi) is 5.21. The van der Waals surface area contributed by atoms with Gasteiger partial charge in [0, 0.05) is 19.3 Å². The maximum atomic E-state index is 5.59. The number of hydrogen-bond donors (Lipinski definition) is 1. The summed E-state index contributed by atoms with van der Waals surface area (Å²) < 4.78 is 5.59. The fourth-order valence-electron chi connectivity index (χ4n) is 2.77. The third kappa shape index (κ3) is 3.56. The van der Waals surface area contributed by atoms with Crippen molar-refractivity contribution in [3.05, 3.63) is 35.9 Å². The molecule has 0 heterocycles. The van der Waals surface area contributed by atoms with E-state index >= 15 is 0 Å². The van der Waals surface area contributed by atoms with Crippen LogP contribution in [-0.2, 0) is 4.74 Å². The Morgan fingerprint density at radius 1 is 1.28 bits per heavy atom. The second-order valence-corrected chi connectivity index (χ2v) is 5.21. The van der Waals surface area contributed by atoms with Crippen LogP contribution in [0.25, 0.3) is 0 Å². The van der Waals surface area contributed by atoms with Crippen LogP contribution in [0.5, 0.6) is 0 Å². The molecule has 2 rings (SSSR count). The number of ether oxygens (including phenoxy) is 1. The van der Waals surface area contributed by atoms with E-state index in [0.29, 0.717) is 6.04 Å². The maximum absolute atomic E-state index is 5.59. The summed E-state index contributed by atoms with van der Waals surface area (Å²) in [6.45, 7) is 3.93. The van der Waals surface area contributed by atoms with Crippen LogP contribution in [0, 0.1) is 5.92 Å². The van der Waals surface area contributed by atoms with Gasteiger partial charge in [0.25, 0.3) is 0 Å². The second-order valence-electron chi connectivity index (χ2n) is 5.21.